The van der Waals surface area contributed by atoms with Gasteiger partial charge in [-0.15, -0.1) is 10.2 Å². The van der Waals surface area contributed by atoms with Crippen LogP contribution in [0.25, 0.3) is 0 Å². The number of methoxy groups -OCH3 is 1. The summed E-state index contributed by atoms with van der Waals surface area (Å²) >= 11 is 0. The number of nitrogens with one attached hydrogen (secondary N) is 1. The summed E-state index contributed by atoms with van der Waals surface area (Å²) in [4.78, 5) is 0. The number of hydrogen-bond donors (Lipinski definition) is 1. The number of aromatic nitrogens is 3. The molecule has 1 heterocycles. The molecule has 5 heteroatoms. The van der Waals surface area contributed by atoms with Crippen LogP contribution in [0.15, 0.2) is 6.33 Å². The quantitative estimate of drug-likeness (QED) is 0.756. The van der Waals surface area contributed by atoms with Gasteiger partial charge in [0.05, 0.1) is 6.04 Å². The van der Waals surface area contributed by atoms with Crippen molar-refractivity contribution < 1.29 is 4.74 Å². The van der Waals surface area contributed by atoms with E-state index in [-0.39, 0.29) is 6.04 Å². The Morgan fingerprint density at radius 2 is 2.27 bits per heavy atom. The lowest BCUT2D eigenvalue weighted by molar-refractivity contribution is 0.157. The van der Waals surface area contributed by atoms with E-state index in [1.54, 1.807) is 13.4 Å². The zero-order valence-electron chi connectivity index (χ0n) is 9.90. The molecular formula is C10H20N4O. The van der Waals surface area contributed by atoms with Crippen molar-refractivity contribution in [2.75, 3.05) is 20.3 Å². The molecule has 0 radical (unpaired) electrons. The highest BCUT2D eigenvalue weighted by Crippen LogP contribution is 2.07. The summed E-state index contributed by atoms with van der Waals surface area (Å²) in [6, 6.07) is 0.219. The van der Waals surface area contributed by atoms with Crippen LogP contribution in [-0.4, -0.2) is 35.0 Å². The second-order valence-electron chi connectivity index (χ2n) is 3.99. The maximum atomic E-state index is 5.08. The summed E-state index contributed by atoms with van der Waals surface area (Å²) < 4.78 is 7.01. The van der Waals surface area contributed by atoms with E-state index in [0.717, 1.165) is 19.0 Å². The van der Waals surface area contributed by atoms with Crippen molar-refractivity contribution in [3.05, 3.63) is 12.2 Å². The first-order chi connectivity index (χ1) is 7.15. The van der Waals surface area contributed by atoms with Crippen molar-refractivity contribution in [1.82, 2.24) is 20.1 Å². The van der Waals surface area contributed by atoms with E-state index in [4.69, 9.17) is 4.74 Å². The molecule has 0 saturated heterocycles. The van der Waals surface area contributed by atoms with Crippen molar-refractivity contribution >= 4 is 0 Å². The van der Waals surface area contributed by atoms with Crippen molar-refractivity contribution in [1.29, 1.82) is 0 Å². The van der Waals surface area contributed by atoms with Gasteiger partial charge < -0.3 is 14.6 Å². The van der Waals surface area contributed by atoms with Gasteiger partial charge in [-0.25, -0.2) is 0 Å². The third-order valence-corrected chi connectivity index (χ3v) is 2.36. The molecule has 0 aliphatic carbocycles. The number of hydrogen-bond acceptors (Lipinski definition) is 4. The highest BCUT2D eigenvalue weighted by Gasteiger charge is 2.11. The SMILES string of the molecule is COCC(C)CNC(C)c1nncn1C. The van der Waals surface area contributed by atoms with Gasteiger partial charge in [0.2, 0.25) is 0 Å². The summed E-state index contributed by atoms with van der Waals surface area (Å²) in [5.41, 5.74) is 0. The average molecular weight is 212 g/mol. The Kier molecular flexibility index (Phi) is 4.71. The molecule has 0 spiro atoms. The molecule has 1 aromatic rings. The Morgan fingerprint density at radius 3 is 2.80 bits per heavy atom. The fourth-order valence-electron chi connectivity index (χ4n) is 1.50. The fraction of sp³-hybridized carbons (Fsp3) is 0.800. The number of ether oxygens (including phenoxy) is 1. The average Bonchev–Trinajstić information content (AvgIpc) is 2.61. The number of nitrogens with zero attached hydrogens (tertiary/aromatic N) is 3. The van der Waals surface area contributed by atoms with Gasteiger partial charge in [0.25, 0.3) is 0 Å². The molecule has 0 aliphatic rings. The molecule has 1 N–H and O–H groups in total. The van der Waals surface area contributed by atoms with Crippen LogP contribution in [0.2, 0.25) is 0 Å². The molecular weight excluding hydrogens is 192 g/mol. The van der Waals surface area contributed by atoms with Crippen LogP contribution in [0.3, 0.4) is 0 Å². The first-order valence-corrected chi connectivity index (χ1v) is 5.21. The molecule has 1 rings (SSSR count). The van der Waals surface area contributed by atoms with Gasteiger partial charge in [-0.2, -0.15) is 0 Å². The predicted molar refractivity (Wildman–Crippen MR) is 58.5 cm³/mol. The molecule has 0 aliphatic heterocycles. The van der Waals surface area contributed by atoms with Crippen LogP contribution in [0.4, 0.5) is 0 Å². The maximum absolute atomic E-state index is 5.08. The molecule has 86 valence electrons. The standard InChI is InChI=1S/C10H20N4O/c1-8(6-15-4)5-11-9(2)10-13-12-7-14(10)3/h7-9,11H,5-6H2,1-4H3. The topological polar surface area (TPSA) is 52.0 Å². The Bertz CT molecular complexity index is 287. The van der Waals surface area contributed by atoms with E-state index in [1.165, 1.54) is 0 Å². The maximum Gasteiger partial charge on any atom is 0.149 e. The normalized spacial score (nSPS) is 15.2. The minimum Gasteiger partial charge on any atom is -0.384 e. The zero-order valence-corrected chi connectivity index (χ0v) is 9.90. The largest absolute Gasteiger partial charge is 0.384 e. The second kappa shape index (κ2) is 5.82. The Labute approximate surface area is 90.8 Å². The highest BCUT2D eigenvalue weighted by atomic mass is 16.5. The summed E-state index contributed by atoms with van der Waals surface area (Å²) in [7, 11) is 3.68. The van der Waals surface area contributed by atoms with Crippen LogP contribution in [0.1, 0.15) is 25.7 Å². The summed E-state index contributed by atoms with van der Waals surface area (Å²) in [6.45, 7) is 5.93. The third-order valence-electron chi connectivity index (χ3n) is 2.36. The van der Waals surface area contributed by atoms with Gasteiger partial charge in [-0.3, -0.25) is 0 Å². The molecule has 5 nitrogen and oxygen atoms in total. The lowest BCUT2D eigenvalue weighted by atomic mass is 10.2. The minimum atomic E-state index is 0.219. The van der Waals surface area contributed by atoms with Crippen molar-refractivity contribution in [2.45, 2.75) is 19.9 Å². The lowest BCUT2D eigenvalue weighted by Crippen LogP contribution is -2.28. The van der Waals surface area contributed by atoms with Crippen LogP contribution in [0.5, 0.6) is 0 Å². The first kappa shape index (κ1) is 12.1. The van der Waals surface area contributed by atoms with Gasteiger partial charge >= 0.3 is 0 Å². The Morgan fingerprint density at radius 1 is 1.53 bits per heavy atom. The van der Waals surface area contributed by atoms with Crippen molar-refractivity contribution in [2.24, 2.45) is 13.0 Å². The first-order valence-electron chi connectivity index (χ1n) is 5.21. The Balaban J connectivity index is 2.36. The van der Waals surface area contributed by atoms with Gasteiger partial charge in [0.1, 0.15) is 12.2 Å². The van der Waals surface area contributed by atoms with Gasteiger partial charge in [-0.1, -0.05) is 6.92 Å². The minimum absolute atomic E-state index is 0.219. The van der Waals surface area contributed by atoms with E-state index in [0.29, 0.717) is 5.92 Å². The summed E-state index contributed by atoms with van der Waals surface area (Å²) in [5, 5.41) is 11.3. The molecule has 2 atom stereocenters. The molecule has 0 fully saturated rings. The third kappa shape index (κ3) is 3.60. The van der Waals surface area contributed by atoms with Gasteiger partial charge in [-0.05, 0) is 12.8 Å². The van der Waals surface area contributed by atoms with Crippen molar-refractivity contribution in [3.63, 3.8) is 0 Å². The molecule has 0 amide bonds. The van der Waals surface area contributed by atoms with Crippen LogP contribution in [-0.2, 0) is 11.8 Å². The highest BCUT2D eigenvalue weighted by molar-refractivity contribution is 4.91. The molecule has 0 bridgehead atoms. The Hall–Kier alpha value is -0.940. The van der Waals surface area contributed by atoms with E-state index in [1.807, 2.05) is 11.6 Å². The van der Waals surface area contributed by atoms with E-state index in [9.17, 15) is 0 Å². The number of rotatable bonds is 6. The molecule has 2 unspecified atom stereocenters. The zero-order chi connectivity index (χ0) is 11.3. The van der Waals surface area contributed by atoms with E-state index >= 15 is 0 Å². The van der Waals surface area contributed by atoms with Crippen molar-refractivity contribution in [3.8, 4) is 0 Å². The summed E-state index contributed by atoms with van der Waals surface area (Å²) in [6.07, 6.45) is 1.71. The van der Waals surface area contributed by atoms with Gasteiger partial charge in [0.15, 0.2) is 0 Å². The van der Waals surface area contributed by atoms with Crippen LogP contribution in [0, 0.1) is 5.92 Å². The predicted octanol–water partition coefficient (Wildman–Crippen LogP) is 0.748. The van der Waals surface area contributed by atoms with Crippen LogP contribution >= 0.6 is 0 Å². The fourth-order valence-corrected chi connectivity index (χ4v) is 1.50. The molecule has 1 aromatic heterocycles. The number of aryl methyl sites for hydroxylation is 1. The summed E-state index contributed by atoms with van der Waals surface area (Å²) in [5.74, 6) is 1.46. The molecule has 0 saturated carbocycles. The smallest absolute Gasteiger partial charge is 0.149 e. The monoisotopic (exact) mass is 212 g/mol. The van der Waals surface area contributed by atoms with Gasteiger partial charge in [0, 0.05) is 27.3 Å². The van der Waals surface area contributed by atoms with E-state index < -0.39 is 0 Å². The lowest BCUT2D eigenvalue weighted by Gasteiger charge is -2.16. The molecule has 0 aromatic carbocycles. The second-order valence-corrected chi connectivity index (χ2v) is 3.99. The molecule has 15 heavy (non-hydrogen) atoms. The van der Waals surface area contributed by atoms with Crippen LogP contribution < -0.4 is 5.32 Å². The van der Waals surface area contributed by atoms with E-state index in [2.05, 4.69) is 29.4 Å².